The molecule has 0 spiro atoms. The van der Waals surface area contributed by atoms with Crippen LogP contribution in [0.1, 0.15) is 22.3 Å². The molecule has 1 saturated heterocycles. The number of amides is 1. The number of carbonyl (C=O) groups is 1. The van der Waals surface area contributed by atoms with Crippen molar-refractivity contribution in [1.29, 1.82) is 0 Å². The number of carbonyl (C=O) groups excluding carboxylic acids is 1. The highest BCUT2D eigenvalue weighted by Crippen LogP contribution is 2.30. The zero-order valence-electron chi connectivity index (χ0n) is 16.4. The second-order valence-corrected chi connectivity index (χ2v) is 7.17. The van der Waals surface area contributed by atoms with Crippen LogP contribution in [0.15, 0.2) is 36.5 Å². The minimum Gasteiger partial charge on any atom is -0.481 e. The van der Waals surface area contributed by atoms with E-state index in [1.54, 1.807) is 37.0 Å². The summed E-state index contributed by atoms with van der Waals surface area (Å²) in [7, 11) is 3.33. The lowest BCUT2D eigenvalue weighted by molar-refractivity contribution is -0.137. The van der Waals surface area contributed by atoms with E-state index in [-0.39, 0.29) is 11.9 Å². The quantitative estimate of drug-likeness (QED) is 0.704. The molecule has 1 unspecified atom stereocenters. The van der Waals surface area contributed by atoms with Crippen molar-refractivity contribution in [3.8, 4) is 5.88 Å². The van der Waals surface area contributed by atoms with E-state index in [9.17, 15) is 18.0 Å². The number of halogens is 3. The number of alkyl halides is 3. The van der Waals surface area contributed by atoms with E-state index in [1.807, 2.05) is 4.90 Å². The maximum absolute atomic E-state index is 12.7. The number of rotatable bonds is 4. The van der Waals surface area contributed by atoms with Crippen LogP contribution in [0.5, 0.6) is 5.88 Å². The number of fused-ring (bicyclic) bond motifs is 1. The summed E-state index contributed by atoms with van der Waals surface area (Å²) >= 11 is 0. The number of methoxy groups -OCH3 is 1. The molecule has 0 radical (unpaired) electrons. The predicted molar refractivity (Wildman–Crippen MR) is 105 cm³/mol. The first-order valence-corrected chi connectivity index (χ1v) is 9.36. The number of hydrogen-bond donors (Lipinski definition) is 1. The van der Waals surface area contributed by atoms with Crippen molar-refractivity contribution in [3.05, 3.63) is 47.7 Å². The Morgan fingerprint density at radius 3 is 2.73 bits per heavy atom. The van der Waals surface area contributed by atoms with Crippen LogP contribution < -0.4 is 15.0 Å². The van der Waals surface area contributed by atoms with Crippen LogP contribution in [0.25, 0.3) is 10.9 Å². The molecule has 1 N–H and O–H groups in total. The van der Waals surface area contributed by atoms with Crippen molar-refractivity contribution >= 4 is 22.6 Å². The molecule has 1 aliphatic rings. The summed E-state index contributed by atoms with van der Waals surface area (Å²) in [6.45, 7) is 1.07. The molecule has 10 heteroatoms. The van der Waals surface area contributed by atoms with E-state index in [4.69, 9.17) is 4.74 Å². The lowest BCUT2D eigenvalue weighted by Gasteiger charge is -2.18. The van der Waals surface area contributed by atoms with Gasteiger partial charge in [-0.2, -0.15) is 18.3 Å². The summed E-state index contributed by atoms with van der Waals surface area (Å²) < 4.78 is 45.0. The average Bonchev–Trinajstić information content (AvgIpc) is 3.30. The molecule has 7 nitrogen and oxygen atoms in total. The van der Waals surface area contributed by atoms with Crippen LogP contribution >= 0.6 is 0 Å². The first-order chi connectivity index (χ1) is 14.3. The van der Waals surface area contributed by atoms with Gasteiger partial charge in [-0.25, -0.2) is 9.67 Å². The number of nitrogens with one attached hydrogen (secondary N) is 1. The standard InChI is InChI=1S/C20H20F3N5O2/c1-27-19(30-2)15-5-3-12(9-16(15)26-27)18(29)25-14-7-8-28(11-14)17-6-4-13(10-24-17)20(21,22)23/h3-6,9-10,14H,7-8,11H2,1-2H3,(H,25,29). The first kappa shape index (κ1) is 20.0. The molecule has 158 valence electrons. The Morgan fingerprint density at radius 1 is 1.27 bits per heavy atom. The van der Waals surface area contributed by atoms with Gasteiger partial charge in [0.05, 0.1) is 23.6 Å². The number of nitrogens with zero attached hydrogens (tertiary/aromatic N) is 4. The Morgan fingerprint density at radius 2 is 2.07 bits per heavy atom. The maximum Gasteiger partial charge on any atom is 0.417 e. The molecule has 1 fully saturated rings. The minimum atomic E-state index is -4.41. The normalized spacial score (nSPS) is 16.8. The minimum absolute atomic E-state index is 0.129. The summed E-state index contributed by atoms with van der Waals surface area (Å²) in [5, 5.41) is 8.14. The molecular formula is C20H20F3N5O2. The van der Waals surface area contributed by atoms with Gasteiger partial charge in [0.15, 0.2) is 0 Å². The second kappa shape index (κ2) is 7.51. The number of hydrogen-bond acceptors (Lipinski definition) is 5. The zero-order chi connectivity index (χ0) is 21.5. The van der Waals surface area contributed by atoms with Gasteiger partial charge in [0.25, 0.3) is 5.91 Å². The number of pyridine rings is 1. The first-order valence-electron chi connectivity index (χ1n) is 9.36. The van der Waals surface area contributed by atoms with Crippen molar-refractivity contribution in [2.45, 2.75) is 18.6 Å². The highest BCUT2D eigenvalue weighted by atomic mass is 19.4. The predicted octanol–water partition coefficient (Wildman–Crippen LogP) is 3.00. The van der Waals surface area contributed by atoms with Crippen molar-refractivity contribution in [3.63, 3.8) is 0 Å². The Labute approximate surface area is 170 Å². The Balaban J connectivity index is 1.42. The van der Waals surface area contributed by atoms with Crippen LogP contribution in [0.3, 0.4) is 0 Å². The fourth-order valence-corrected chi connectivity index (χ4v) is 3.66. The van der Waals surface area contributed by atoms with Gasteiger partial charge in [-0.1, -0.05) is 0 Å². The number of anilines is 1. The van der Waals surface area contributed by atoms with Crippen LogP contribution in [0, 0.1) is 0 Å². The number of aromatic nitrogens is 3. The van der Waals surface area contributed by atoms with Gasteiger partial charge in [0.1, 0.15) is 5.82 Å². The summed E-state index contributed by atoms with van der Waals surface area (Å²) in [5.74, 6) is 0.850. The fraction of sp³-hybridized carbons (Fsp3) is 0.350. The average molecular weight is 419 g/mol. The molecule has 1 aromatic carbocycles. The highest BCUT2D eigenvalue weighted by Gasteiger charge is 2.31. The monoisotopic (exact) mass is 419 g/mol. The van der Waals surface area contributed by atoms with E-state index >= 15 is 0 Å². The van der Waals surface area contributed by atoms with Crippen molar-refractivity contribution < 1.29 is 22.7 Å². The van der Waals surface area contributed by atoms with Gasteiger partial charge in [-0.15, -0.1) is 0 Å². The van der Waals surface area contributed by atoms with E-state index in [0.29, 0.717) is 42.3 Å². The van der Waals surface area contributed by atoms with E-state index in [2.05, 4.69) is 15.4 Å². The molecule has 4 rings (SSSR count). The summed E-state index contributed by atoms with van der Waals surface area (Å²) in [6, 6.07) is 7.46. The van der Waals surface area contributed by atoms with Gasteiger partial charge >= 0.3 is 6.18 Å². The summed E-state index contributed by atoms with van der Waals surface area (Å²) in [4.78, 5) is 18.4. The molecular weight excluding hydrogens is 399 g/mol. The van der Waals surface area contributed by atoms with Crippen molar-refractivity contribution in [2.24, 2.45) is 7.05 Å². The topological polar surface area (TPSA) is 72.3 Å². The third-order valence-electron chi connectivity index (χ3n) is 5.16. The second-order valence-electron chi connectivity index (χ2n) is 7.17. The van der Waals surface area contributed by atoms with Gasteiger partial charge in [-0.3, -0.25) is 4.79 Å². The molecule has 2 aromatic heterocycles. The van der Waals surface area contributed by atoms with Crippen LogP contribution in [0.4, 0.5) is 19.0 Å². The molecule has 30 heavy (non-hydrogen) atoms. The summed E-state index contributed by atoms with van der Waals surface area (Å²) in [6.07, 6.45) is -2.91. The number of ether oxygens (including phenoxy) is 1. The molecule has 3 aromatic rings. The van der Waals surface area contributed by atoms with Gasteiger partial charge in [0, 0.05) is 37.9 Å². The fourth-order valence-electron chi connectivity index (χ4n) is 3.66. The van der Waals surface area contributed by atoms with Crippen molar-refractivity contribution in [2.75, 3.05) is 25.1 Å². The lowest BCUT2D eigenvalue weighted by Crippen LogP contribution is -2.37. The Hall–Kier alpha value is -3.30. The third-order valence-corrected chi connectivity index (χ3v) is 5.16. The van der Waals surface area contributed by atoms with E-state index < -0.39 is 11.7 Å². The van der Waals surface area contributed by atoms with Crippen LogP contribution in [-0.2, 0) is 13.2 Å². The molecule has 1 amide bonds. The molecule has 1 atom stereocenters. The Kier molecular flexibility index (Phi) is 5.00. The van der Waals surface area contributed by atoms with Crippen molar-refractivity contribution in [1.82, 2.24) is 20.1 Å². The van der Waals surface area contributed by atoms with Crippen LogP contribution in [0.2, 0.25) is 0 Å². The molecule has 1 aliphatic heterocycles. The van der Waals surface area contributed by atoms with E-state index in [1.165, 1.54) is 6.07 Å². The van der Waals surface area contributed by atoms with Gasteiger partial charge < -0.3 is 15.0 Å². The zero-order valence-corrected chi connectivity index (χ0v) is 16.4. The smallest absolute Gasteiger partial charge is 0.417 e. The van der Waals surface area contributed by atoms with E-state index in [0.717, 1.165) is 17.6 Å². The van der Waals surface area contributed by atoms with Crippen LogP contribution in [-0.4, -0.2) is 46.9 Å². The maximum atomic E-state index is 12.7. The highest BCUT2D eigenvalue weighted by molar-refractivity contribution is 5.98. The number of aryl methyl sites for hydroxylation is 1. The molecule has 0 saturated carbocycles. The molecule has 3 heterocycles. The number of benzene rings is 1. The Bertz CT molecular complexity index is 1080. The molecule has 0 aliphatic carbocycles. The third kappa shape index (κ3) is 3.77. The van der Waals surface area contributed by atoms with Gasteiger partial charge in [-0.05, 0) is 36.8 Å². The van der Waals surface area contributed by atoms with Gasteiger partial charge in [0.2, 0.25) is 5.88 Å². The lowest BCUT2D eigenvalue weighted by atomic mass is 10.1. The molecule has 0 bridgehead atoms. The largest absolute Gasteiger partial charge is 0.481 e. The SMILES string of the molecule is COc1c2ccc(C(=O)NC3CCN(c4ccc(C(F)(F)F)cn4)C3)cc2nn1C. The summed E-state index contributed by atoms with van der Waals surface area (Å²) in [5.41, 5.74) is 0.357.